The van der Waals surface area contributed by atoms with Gasteiger partial charge in [0.1, 0.15) is 10.1 Å². The first-order valence-corrected chi connectivity index (χ1v) is 10.8. The number of thioether (sulfide) groups is 1. The number of H-pyrrole nitrogens is 1. The molecular formula is C22H19N3O4S2. The number of nitrogens with one attached hydrogen (secondary N) is 1. The van der Waals surface area contributed by atoms with Crippen LogP contribution in [0.25, 0.3) is 17.0 Å². The van der Waals surface area contributed by atoms with E-state index in [-0.39, 0.29) is 30.3 Å². The number of carbonyl (C=O) groups excluding carboxylic acids is 2. The predicted octanol–water partition coefficient (Wildman–Crippen LogP) is 3.37. The second-order valence-corrected chi connectivity index (χ2v) is 8.73. The number of benzene rings is 1. The zero-order valence-electron chi connectivity index (χ0n) is 16.7. The number of aromatic nitrogens is 1. The van der Waals surface area contributed by atoms with Crippen LogP contribution in [-0.2, 0) is 16.1 Å². The Morgan fingerprint density at radius 2 is 2.06 bits per heavy atom. The summed E-state index contributed by atoms with van der Waals surface area (Å²) in [5.74, 6) is 0.192. The minimum absolute atomic E-state index is 0.123. The van der Waals surface area contributed by atoms with Gasteiger partial charge < -0.3 is 14.3 Å². The summed E-state index contributed by atoms with van der Waals surface area (Å²) in [5.41, 5.74) is 1.28. The first-order valence-electron chi connectivity index (χ1n) is 9.56. The fraction of sp³-hybridized carbons (Fsp3) is 0.182. The molecule has 9 heteroatoms. The zero-order chi connectivity index (χ0) is 22.0. The highest BCUT2D eigenvalue weighted by atomic mass is 32.2. The maximum Gasteiger partial charge on any atom is 0.266 e. The van der Waals surface area contributed by atoms with Crippen molar-refractivity contribution in [1.29, 1.82) is 0 Å². The van der Waals surface area contributed by atoms with Crippen LogP contribution in [0.15, 0.2) is 62.8 Å². The van der Waals surface area contributed by atoms with E-state index in [2.05, 4.69) is 4.98 Å². The summed E-state index contributed by atoms with van der Waals surface area (Å²) in [5, 5.41) is 0.891. The summed E-state index contributed by atoms with van der Waals surface area (Å²) in [6.45, 7) is 0.486. The zero-order valence-corrected chi connectivity index (χ0v) is 18.3. The number of thiocarbonyl (C=S) groups is 1. The molecule has 2 amide bonds. The topological polar surface area (TPSA) is 86.6 Å². The molecule has 7 nitrogen and oxygen atoms in total. The molecule has 1 fully saturated rings. The van der Waals surface area contributed by atoms with Crippen molar-refractivity contribution in [2.75, 3.05) is 13.6 Å². The lowest BCUT2D eigenvalue weighted by Gasteiger charge is -2.20. The minimum Gasteiger partial charge on any atom is -0.465 e. The van der Waals surface area contributed by atoms with Gasteiger partial charge in [0.2, 0.25) is 11.5 Å². The molecule has 1 N–H and O–H groups in total. The van der Waals surface area contributed by atoms with Gasteiger partial charge >= 0.3 is 0 Å². The Balaban J connectivity index is 1.41. The number of hydrogen-bond donors (Lipinski definition) is 1. The molecule has 2 aromatic heterocycles. The van der Waals surface area contributed by atoms with Crippen molar-refractivity contribution in [2.24, 2.45) is 0 Å². The van der Waals surface area contributed by atoms with Crippen molar-refractivity contribution in [1.82, 2.24) is 14.8 Å². The molecule has 0 atom stereocenters. The maximum absolute atomic E-state index is 12.7. The molecule has 3 aromatic rings. The van der Waals surface area contributed by atoms with E-state index in [4.69, 9.17) is 16.6 Å². The fourth-order valence-electron chi connectivity index (χ4n) is 3.35. The summed E-state index contributed by atoms with van der Waals surface area (Å²) in [4.78, 5) is 43.5. The van der Waals surface area contributed by atoms with Gasteiger partial charge in [0.15, 0.2) is 0 Å². The van der Waals surface area contributed by atoms with Crippen molar-refractivity contribution < 1.29 is 14.0 Å². The molecule has 3 heterocycles. The summed E-state index contributed by atoms with van der Waals surface area (Å²) < 4.78 is 5.67. The average molecular weight is 454 g/mol. The van der Waals surface area contributed by atoms with E-state index in [9.17, 15) is 14.4 Å². The Bertz CT molecular complexity index is 1250. The van der Waals surface area contributed by atoms with Gasteiger partial charge in [-0.15, -0.1) is 0 Å². The average Bonchev–Trinajstić information content (AvgIpc) is 3.34. The molecule has 0 spiro atoms. The molecule has 4 rings (SSSR count). The van der Waals surface area contributed by atoms with Crippen LogP contribution in [0.2, 0.25) is 0 Å². The van der Waals surface area contributed by atoms with Crippen LogP contribution in [-0.4, -0.2) is 44.5 Å². The maximum atomic E-state index is 12.7. The Hall–Kier alpha value is -3.17. The van der Waals surface area contributed by atoms with Crippen LogP contribution < -0.4 is 5.56 Å². The molecular weight excluding hydrogens is 434 g/mol. The molecule has 1 saturated heterocycles. The highest BCUT2D eigenvalue weighted by molar-refractivity contribution is 8.26. The number of rotatable bonds is 6. The molecule has 0 unspecified atom stereocenters. The number of amides is 2. The van der Waals surface area contributed by atoms with E-state index < -0.39 is 0 Å². The van der Waals surface area contributed by atoms with Gasteiger partial charge in [0, 0.05) is 49.6 Å². The molecule has 0 radical (unpaired) electrons. The third kappa shape index (κ3) is 4.62. The first kappa shape index (κ1) is 21.1. The Morgan fingerprint density at radius 3 is 2.84 bits per heavy atom. The molecule has 158 valence electrons. The van der Waals surface area contributed by atoms with E-state index in [0.717, 1.165) is 16.5 Å². The fourth-order valence-corrected chi connectivity index (χ4v) is 4.63. The van der Waals surface area contributed by atoms with E-state index in [0.29, 0.717) is 21.5 Å². The summed E-state index contributed by atoms with van der Waals surface area (Å²) in [6.07, 6.45) is 3.30. The Labute approximate surface area is 187 Å². The lowest BCUT2D eigenvalue weighted by Crippen LogP contribution is -2.34. The second-order valence-electron chi connectivity index (χ2n) is 7.05. The lowest BCUT2D eigenvalue weighted by molar-refractivity contribution is -0.131. The molecule has 31 heavy (non-hydrogen) atoms. The van der Waals surface area contributed by atoms with Gasteiger partial charge in [-0.25, -0.2) is 0 Å². The Morgan fingerprint density at radius 1 is 1.26 bits per heavy atom. The van der Waals surface area contributed by atoms with Crippen LogP contribution in [0.5, 0.6) is 0 Å². The standard InChI is InChI=1S/C22H19N3O4S2/c1-24(13-14-11-19(26)23-17-7-3-2-6-16(14)17)20(27)8-9-25-21(28)18(31-22(25)30)12-15-5-4-10-29-15/h2-7,10-12H,8-9,13H2,1H3,(H,23,26). The van der Waals surface area contributed by atoms with E-state index in [1.807, 2.05) is 24.3 Å². The van der Waals surface area contributed by atoms with Crippen LogP contribution in [0.1, 0.15) is 17.7 Å². The van der Waals surface area contributed by atoms with Crippen molar-refractivity contribution in [2.45, 2.75) is 13.0 Å². The number of aromatic amines is 1. The van der Waals surface area contributed by atoms with Crippen LogP contribution >= 0.6 is 24.0 Å². The van der Waals surface area contributed by atoms with E-state index in [1.54, 1.807) is 30.2 Å². The van der Waals surface area contributed by atoms with Gasteiger partial charge in [-0.1, -0.05) is 42.2 Å². The summed E-state index contributed by atoms with van der Waals surface area (Å²) in [6, 6.07) is 12.5. The van der Waals surface area contributed by atoms with Crippen molar-refractivity contribution in [3.8, 4) is 0 Å². The van der Waals surface area contributed by atoms with E-state index in [1.165, 1.54) is 29.0 Å². The number of nitrogens with zero attached hydrogens (tertiary/aromatic N) is 2. The van der Waals surface area contributed by atoms with Crippen molar-refractivity contribution in [3.63, 3.8) is 0 Å². The van der Waals surface area contributed by atoms with Gasteiger partial charge in [-0.2, -0.15) is 0 Å². The molecule has 1 aliphatic rings. The monoisotopic (exact) mass is 453 g/mol. The third-order valence-electron chi connectivity index (χ3n) is 4.91. The van der Waals surface area contributed by atoms with Crippen molar-refractivity contribution >= 4 is 57.1 Å². The number of para-hydroxylation sites is 1. The largest absolute Gasteiger partial charge is 0.465 e. The van der Waals surface area contributed by atoms with Crippen LogP contribution in [0, 0.1) is 0 Å². The number of fused-ring (bicyclic) bond motifs is 1. The number of furan rings is 1. The smallest absolute Gasteiger partial charge is 0.266 e. The van der Waals surface area contributed by atoms with Gasteiger partial charge in [-0.3, -0.25) is 19.3 Å². The summed E-state index contributed by atoms with van der Waals surface area (Å²) >= 11 is 6.51. The van der Waals surface area contributed by atoms with Gasteiger partial charge in [0.05, 0.1) is 11.2 Å². The highest BCUT2D eigenvalue weighted by Gasteiger charge is 2.32. The van der Waals surface area contributed by atoms with Gasteiger partial charge in [0.25, 0.3) is 5.91 Å². The lowest BCUT2D eigenvalue weighted by atomic mass is 10.1. The molecule has 0 aliphatic carbocycles. The predicted molar refractivity (Wildman–Crippen MR) is 124 cm³/mol. The number of carbonyl (C=O) groups is 2. The Kier molecular flexibility index (Phi) is 6.06. The first-order chi connectivity index (χ1) is 14.9. The number of hydrogen-bond acceptors (Lipinski definition) is 6. The van der Waals surface area contributed by atoms with Crippen molar-refractivity contribution in [3.05, 3.63) is 75.3 Å². The van der Waals surface area contributed by atoms with Gasteiger partial charge in [-0.05, 0) is 23.8 Å². The second kappa shape index (κ2) is 8.91. The molecule has 1 aliphatic heterocycles. The number of pyridine rings is 1. The normalized spacial score (nSPS) is 15.3. The summed E-state index contributed by atoms with van der Waals surface area (Å²) in [7, 11) is 1.68. The van der Waals surface area contributed by atoms with E-state index >= 15 is 0 Å². The highest BCUT2D eigenvalue weighted by Crippen LogP contribution is 2.32. The SMILES string of the molecule is CN(Cc1cc(=O)[nH]c2ccccc12)C(=O)CCN1C(=O)C(=Cc2ccco2)SC1=S. The van der Waals surface area contributed by atoms with Crippen LogP contribution in [0.3, 0.4) is 0 Å². The van der Waals surface area contributed by atoms with Crippen LogP contribution in [0.4, 0.5) is 0 Å². The quantitative estimate of drug-likeness (QED) is 0.455. The molecule has 0 saturated carbocycles. The third-order valence-corrected chi connectivity index (χ3v) is 6.29. The molecule has 0 bridgehead atoms. The molecule has 1 aromatic carbocycles. The minimum atomic E-state index is -0.234.